The van der Waals surface area contributed by atoms with Crippen LogP contribution >= 0.6 is 11.6 Å². The van der Waals surface area contributed by atoms with E-state index in [1.807, 2.05) is 26.0 Å². The molecule has 0 saturated carbocycles. The number of rotatable bonds is 9. The minimum Gasteiger partial charge on any atom is -0.490 e. The Hall–Kier alpha value is -1.01. The molecule has 23 heavy (non-hydrogen) atoms. The van der Waals surface area contributed by atoms with Gasteiger partial charge in [-0.3, -0.25) is 4.90 Å². The Labute approximate surface area is 144 Å². The van der Waals surface area contributed by atoms with Gasteiger partial charge in [0, 0.05) is 45.8 Å². The molecule has 0 aliphatic carbocycles. The first-order valence-corrected chi connectivity index (χ1v) is 8.84. The third kappa shape index (κ3) is 5.84. The van der Waals surface area contributed by atoms with Crippen molar-refractivity contribution in [3.05, 3.63) is 22.7 Å². The maximum Gasteiger partial charge on any atom is 0.179 e. The summed E-state index contributed by atoms with van der Waals surface area (Å²) < 4.78 is 11.3. The van der Waals surface area contributed by atoms with Gasteiger partial charge >= 0.3 is 0 Å². The molecule has 1 saturated heterocycles. The SMILES string of the molecule is CCOc1cc(CNCCN2CCNCC2)cc(Cl)c1OCC. The monoisotopic (exact) mass is 341 g/mol. The molecular weight excluding hydrogens is 314 g/mol. The number of piperazine rings is 1. The third-order valence-electron chi connectivity index (χ3n) is 3.80. The number of halogens is 1. The summed E-state index contributed by atoms with van der Waals surface area (Å²) in [6, 6.07) is 3.96. The summed E-state index contributed by atoms with van der Waals surface area (Å²) in [7, 11) is 0. The Morgan fingerprint density at radius 1 is 1.17 bits per heavy atom. The van der Waals surface area contributed by atoms with Crippen LogP contribution in [0.3, 0.4) is 0 Å². The number of hydrogen-bond donors (Lipinski definition) is 2. The van der Waals surface area contributed by atoms with Gasteiger partial charge in [0.25, 0.3) is 0 Å². The average molecular weight is 342 g/mol. The van der Waals surface area contributed by atoms with Gasteiger partial charge < -0.3 is 20.1 Å². The van der Waals surface area contributed by atoms with E-state index in [-0.39, 0.29) is 0 Å². The van der Waals surface area contributed by atoms with Crippen LogP contribution in [0.2, 0.25) is 5.02 Å². The minimum absolute atomic E-state index is 0.572. The van der Waals surface area contributed by atoms with Crippen LogP contribution in [0.15, 0.2) is 12.1 Å². The van der Waals surface area contributed by atoms with E-state index < -0.39 is 0 Å². The van der Waals surface area contributed by atoms with Crippen molar-refractivity contribution in [2.45, 2.75) is 20.4 Å². The number of benzene rings is 1. The van der Waals surface area contributed by atoms with Gasteiger partial charge in [0.2, 0.25) is 0 Å². The second-order valence-corrected chi connectivity index (χ2v) is 5.95. The van der Waals surface area contributed by atoms with Crippen LogP contribution in [-0.4, -0.2) is 57.4 Å². The zero-order valence-electron chi connectivity index (χ0n) is 14.2. The lowest BCUT2D eigenvalue weighted by molar-refractivity contribution is 0.241. The molecule has 0 spiro atoms. The van der Waals surface area contributed by atoms with Crippen LogP contribution in [0.5, 0.6) is 11.5 Å². The average Bonchev–Trinajstić information content (AvgIpc) is 2.56. The lowest BCUT2D eigenvalue weighted by Crippen LogP contribution is -2.45. The molecular formula is C17H28ClN3O2. The van der Waals surface area contributed by atoms with Crippen LogP contribution < -0.4 is 20.1 Å². The first kappa shape index (κ1) is 18.3. The molecule has 2 rings (SSSR count). The molecule has 0 atom stereocenters. The maximum absolute atomic E-state index is 6.34. The van der Waals surface area contributed by atoms with E-state index >= 15 is 0 Å². The highest BCUT2D eigenvalue weighted by molar-refractivity contribution is 6.32. The molecule has 1 aliphatic heterocycles. The summed E-state index contributed by atoms with van der Waals surface area (Å²) in [6.45, 7) is 12.3. The Morgan fingerprint density at radius 3 is 2.61 bits per heavy atom. The van der Waals surface area contributed by atoms with Gasteiger partial charge in [-0.15, -0.1) is 0 Å². The van der Waals surface area contributed by atoms with Gasteiger partial charge in [-0.1, -0.05) is 11.6 Å². The molecule has 1 aromatic carbocycles. The highest BCUT2D eigenvalue weighted by atomic mass is 35.5. The van der Waals surface area contributed by atoms with E-state index in [1.54, 1.807) is 0 Å². The number of nitrogens with one attached hydrogen (secondary N) is 2. The molecule has 130 valence electrons. The summed E-state index contributed by atoms with van der Waals surface area (Å²) in [6.07, 6.45) is 0. The van der Waals surface area contributed by atoms with Gasteiger partial charge in [-0.25, -0.2) is 0 Å². The molecule has 5 nitrogen and oxygen atoms in total. The molecule has 1 fully saturated rings. The van der Waals surface area contributed by atoms with E-state index in [9.17, 15) is 0 Å². The van der Waals surface area contributed by atoms with Crippen molar-refractivity contribution < 1.29 is 9.47 Å². The molecule has 0 bridgehead atoms. The zero-order chi connectivity index (χ0) is 16.5. The fourth-order valence-corrected chi connectivity index (χ4v) is 2.96. The largest absolute Gasteiger partial charge is 0.490 e. The van der Waals surface area contributed by atoms with E-state index in [1.165, 1.54) is 0 Å². The molecule has 1 aromatic rings. The van der Waals surface area contributed by atoms with Crippen molar-refractivity contribution in [1.82, 2.24) is 15.5 Å². The lowest BCUT2D eigenvalue weighted by Gasteiger charge is -2.27. The number of hydrogen-bond acceptors (Lipinski definition) is 5. The first-order chi connectivity index (χ1) is 11.2. The summed E-state index contributed by atoms with van der Waals surface area (Å²) >= 11 is 6.34. The predicted molar refractivity (Wildman–Crippen MR) is 94.8 cm³/mol. The fourth-order valence-electron chi connectivity index (χ4n) is 2.68. The van der Waals surface area contributed by atoms with Crippen molar-refractivity contribution in [3.63, 3.8) is 0 Å². The van der Waals surface area contributed by atoms with Crippen LogP contribution in [-0.2, 0) is 6.54 Å². The molecule has 0 aromatic heterocycles. The van der Waals surface area contributed by atoms with Crippen molar-refractivity contribution in [1.29, 1.82) is 0 Å². The minimum atomic E-state index is 0.572. The van der Waals surface area contributed by atoms with Gasteiger partial charge in [-0.2, -0.15) is 0 Å². The van der Waals surface area contributed by atoms with Gasteiger partial charge in [-0.05, 0) is 31.5 Å². The van der Waals surface area contributed by atoms with E-state index in [0.29, 0.717) is 24.0 Å². The molecule has 6 heteroatoms. The molecule has 1 heterocycles. The summed E-state index contributed by atoms with van der Waals surface area (Å²) in [5.74, 6) is 1.36. The number of ether oxygens (including phenoxy) is 2. The Morgan fingerprint density at radius 2 is 1.91 bits per heavy atom. The second kappa shape index (κ2) is 9.98. The number of nitrogens with zero attached hydrogens (tertiary/aromatic N) is 1. The Bertz CT molecular complexity index is 479. The topological polar surface area (TPSA) is 45.8 Å². The lowest BCUT2D eigenvalue weighted by atomic mass is 10.2. The second-order valence-electron chi connectivity index (χ2n) is 5.54. The van der Waals surface area contributed by atoms with E-state index in [0.717, 1.165) is 57.1 Å². The summed E-state index contributed by atoms with van der Waals surface area (Å²) in [5.41, 5.74) is 1.11. The van der Waals surface area contributed by atoms with Crippen molar-refractivity contribution >= 4 is 11.6 Å². The molecule has 0 unspecified atom stereocenters. The van der Waals surface area contributed by atoms with Crippen LogP contribution in [0.4, 0.5) is 0 Å². The third-order valence-corrected chi connectivity index (χ3v) is 4.08. The summed E-state index contributed by atoms with van der Waals surface area (Å²) in [5, 5.41) is 7.46. The van der Waals surface area contributed by atoms with E-state index in [2.05, 4.69) is 15.5 Å². The van der Waals surface area contributed by atoms with Crippen molar-refractivity contribution in [2.75, 3.05) is 52.5 Å². The molecule has 2 N–H and O–H groups in total. The molecule has 1 aliphatic rings. The predicted octanol–water partition coefficient (Wildman–Crippen LogP) is 2.13. The van der Waals surface area contributed by atoms with Crippen LogP contribution in [0.25, 0.3) is 0 Å². The standard InChI is InChI=1S/C17H28ClN3O2/c1-3-22-16-12-14(11-15(18)17(16)23-4-2)13-20-7-10-21-8-5-19-6-9-21/h11-12,19-20H,3-10,13H2,1-2H3. The van der Waals surface area contributed by atoms with Gasteiger partial charge in [0.1, 0.15) is 0 Å². The van der Waals surface area contributed by atoms with Crippen molar-refractivity contribution in [3.8, 4) is 11.5 Å². The van der Waals surface area contributed by atoms with Crippen molar-refractivity contribution in [2.24, 2.45) is 0 Å². The highest BCUT2D eigenvalue weighted by Gasteiger charge is 2.12. The molecule has 0 amide bonds. The van der Waals surface area contributed by atoms with Crippen LogP contribution in [0, 0.1) is 0 Å². The zero-order valence-corrected chi connectivity index (χ0v) is 14.9. The molecule has 0 radical (unpaired) electrons. The van der Waals surface area contributed by atoms with Gasteiger partial charge in [0.05, 0.1) is 18.2 Å². The van der Waals surface area contributed by atoms with Crippen LogP contribution in [0.1, 0.15) is 19.4 Å². The summed E-state index contributed by atoms with van der Waals surface area (Å²) in [4.78, 5) is 2.47. The highest BCUT2D eigenvalue weighted by Crippen LogP contribution is 2.36. The first-order valence-electron chi connectivity index (χ1n) is 8.46. The quantitative estimate of drug-likeness (QED) is 0.674. The Balaban J connectivity index is 1.86. The van der Waals surface area contributed by atoms with Gasteiger partial charge in [0.15, 0.2) is 11.5 Å². The maximum atomic E-state index is 6.34. The normalized spacial score (nSPS) is 15.6. The van der Waals surface area contributed by atoms with E-state index in [4.69, 9.17) is 21.1 Å². The Kier molecular flexibility index (Phi) is 7.95. The smallest absolute Gasteiger partial charge is 0.179 e. The fraction of sp³-hybridized carbons (Fsp3) is 0.647.